The van der Waals surface area contributed by atoms with Crippen molar-refractivity contribution >= 4 is 27.5 Å². The van der Waals surface area contributed by atoms with Gasteiger partial charge < -0.3 is 10.6 Å². The van der Waals surface area contributed by atoms with Gasteiger partial charge in [-0.05, 0) is 51.3 Å². The third kappa shape index (κ3) is 7.17. The Bertz CT molecular complexity index is 516. The molecule has 0 atom stereocenters. The fourth-order valence-electron chi connectivity index (χ4n) is 1.73. The molecule has 0 unspecified atom stereocenters. The van der Waals surface area contributed by atoms with E-state index in [4.69, 9.17) is 5.73 Å². The minimum absolute atomic E-state index is 0.153. The summed E-state index contributed by atoms with van der Waals surface area (Å²) in [5.41, 5.74) is 6.33. The van der Waals surface area contributed by atoms with Gasteiger partial charge in [0, 0.05) is 29.9 Å². The van der Waals surface area contributed by atoms with Gasteiger partial charge in [0.2, 0.25) is 10.0 Å². The van der Waals surface area contributed by atoms with Crippen molar-refractivity contribution < 1.29 is 8.42 Å². The van der Waals surface area contributed by atoms with Crippen molar-refractivity contribution in [3.8, 4) is 0 Å². The van der Waals surface area contributed by atoms with E-state index in [2.05, 4.69) is 4.90 Å². The molecule has 0 radical (unpaired) electrons. The average molecular weight is 332 g/mol. The molecule has 120 valence electrons. The summed E-state index contributed by atoms with van der Waals surface area (Å²) in [5.74, 6) is 0.699. The Hall–Kier alpha value is -0.760. The van der Waals surface area contributed by atoms with Gasteiger partial charge in [0.1, 0.15) is 0 Å². The Morgan fingerprint density at radius 2 is 1.71 bits per heavy atom. The second-order valence-electron chi connectivity index (χ2n) is 5.21. The number of nitrogens with two attached hydrogens (primary N) is 1. The summed E-state index contributed by atoms with van der Waals surface area (Å²) < 4.78 is 25.7. The summed E-state index contributed by atoms with van der Waals surface area (Å²) in [6.45, 7) is 1.45. The molecular formula is C14H25N3O2S2. The summed E-state index contributed by atoms with van der Waals surface area (Å²) in [6, 6.07) is 7.47. The molecule has 5 nitrogen and oxygen atoms in total. The van der Waals surface area contributed by atoms with Crippen molar-refractivity contribution in [3.05, 3.63) is 24.3 Å². The number of hydrogen-bond acceptors (Lipinski definition) is 5. The van der Waals surface area contributed by atoms with E-state index in [9.17, 15) is 8.42 Å². The normalized spacial score (nSPS) is 12.2. The molecule has 7 heteroatoms. The van der Waals surface area contributed by atoms with Crippen LogP contribution in [0.15, 0.2) is 29.2 Å². The van der Waals surface area contributed by atoms with Crippen LogP contribution in [0.1, 0.15) is 6.42 Å². The van der Waals surface area contributed by atoms with Crippen LogP contribution in [0.2, 0.25) is 0 Å². The minimum Gasteiger partial charge on any atom is -0.399 e. The van der Waals surface area contributed by atoms with E-state index in [1.165, 1.54) is 16.1 Å². The van der Waals surface area contributed by atoms with Gasteiger partial charge in [-0.15, -0.1) is 11.8 Å². The van der Waals surface area contributed by atoms with Gasteiger partial charge in [-0.2, -0.15) is 0 Å². The van der Waals surface area contributed by atoms with Crippen LogP contribution in [0, 0.1) is 0 Å². The van der Waals surface area contributed by atoms with Crippen LogP contribution < -0.4 is 5.73 Å². The van der Waals surface area contributed by atoms with Gasteiger partial charge in [-0.25, -0.2) is 12.7 Å². The fourth-order valence-corrected chi connectivity index (χ4v) is 4.19. The zero-order chi connectivity index (χ0) is 15.9. The molecule has 0 amide bonds. The quantitative estimate of drug-likeness (QED) is 0.550. The van der Waals surface area contributed by atoms with E-state index in [1.54, 1.807) is 7.05 Å². The van der Waals surface area contributed by atoms with Gasteiger partial charge in [0.05, 0.1) is 5.75 Å². The van der Waals surface area contributed by atoms with Crippen molar-refractivity contribution in [1.29, 1.82) is 0 Å². The molecule has 0 aliphatic heterocycles. The van der Waals surface area contributed by atoms with E-state index >= 15 is 0 Å². The largest absolute Gasteiger partial charge is 0.399 e. The maximum atomic E-state index is 12.1. The fraction of sp³-hybridized carbons (Fsp3) is 0.571. The van der Waals surface area contributed by atoms with E-state index in [0.29, 0.717) is 18.0 Å². The highest BCUT2D eigenvalue weighted by Crippen LogP contribution is 2.19. The third-order valence-electron chi connectivity index (χ3n) is 3.04. The molecule has 0 fully saturated rings. The Kier molecular flexibility index (Phi) is 7.51. The highest BCUT2D eigenvalue weighted by Gasteiger charge is 2.17. The number of anilines is 1. The molecule has 0 spiro atoms. The molecule has 2 N–H and O–H groups in total. The Balaban J connectivity index is 2.36. The lowest BCUT2D eigenvalue weighted by atomic mass is 10.3. The van der Waals surface area contributed by atoms with Crippen molar-refractivity contribution in [2.45, 2.75) is 11.3 Å². The van der Waals surface area contributed by atoms with Crippen molar-refractivity contribution in [2.24, 2.45) is 0 Å². The molecule has 1 aromatic rings. The zero-order valence-corrected chi connectivity index (χ0v) is 14.6. The molecule has 0 bridgehead atoms. The average Bonchev–Trinajstić information content (AvgIpc) is 2.40. The zero-order valence-electron chi connectivity index (χ0n) is 12.9. The monoisotopic (exact) mass is 331 g/mol. The topological polar surface area (TPSA) is 66.6 Å². The number of thioether (sulfide) groups is 1. The molecular weight excluding hydrogens is 306 g/mol. The molecule has 0 saturated carbocycles. The lowest BCUT2D eigenvalue weighted by molar-refractivity contribution is 0.370. The van der Waals surface area contributed by atoms with Crippen molar-refractivity contribution in [2.75, 3.05) is 51.5 Å². The van der Waals surface area contributed by atoms with Crippen LogP contribution in [0.3, 0.4) is 0 Å². The molecule has 0 saturated heterocycles. The number of rotatable bonds is 9. The van der Waals surface area contributed by atoms with Crippen molar-refractivity contribution in [1.82, 2.24) is 9.21 Å². The maximum Gasteiger partial charge on any atom is 0.214 e. The second-order valence-corrected chi connectivity index (χ2v) is 8.58. The van der Waals surface area contributed by atoms with E-state index in [0.717, 1.165) is 17.9 Å². The Labute approximate surface area is 132 Å². The molecule has 0 aromatic heterocycles. The van der Waals surface area contributed by atoms with E-state index in [-0.39, 0.29) is 5.75 Å². The summed E-state index contributed by atoms with van der Waals surface area (Å²) in [7, 11) is 2.45. The molecule has 1 rings (SSSR count). The highest BCUT2D eigenvalue weighted by molar-refractivity contribution is 8.00. The standard InChI is InChI=1S/C14H25N3O2S2/c1-16(2)9-4-10-17(3)21(18,19)12-11-20-14-7-5-13(15)6-8-14/h5-8H,4,9-12,15H2,1-3H3. The van der Waals surface area contributed by atoms with E-state index in [1.807, 2.05) is 38.4 Å². The summed E-state index contributed by atoms with van der Waals surface area (Å²) in [6.07, 6.45) is 0.841. The third-order valence-corrected chi connectivity index (χ3v) is 6.17. The lowest BCUT2D eigenvalue weighted by Gasteiger charge is -2.18. The van der Waals surface area contributed by atoms with Gasteiger partial charge in [-0.1, -0.05) is 0 Å². The summed E-state index contributed by atoms with van der Waals surface area (Å²) >= 11 is 1.53. The van der Waals surface area contributed by atoms with Gasteiger partial charge in [0.15, 0.2) is 0 Å². The maximum absolute atomic E-state index is 12.1. The number of sulfonamides is 1. The van der Waals surface area contributed by atoms with Crippen LogP contribution in [0.25, 0.3) is 0 Å². The SMILES string of the molecule is CN(C)CCCN(C)S(=O)(=O)CCSc1ccc(N)cc1. The first-order valence-corrected chi connectivity index (χ1v) is 9.48. The Morgan fingerprint density at radius 3 is 2.29 bits per heavy atom. The summed E-state index contributed by atoms with van der Waals surface area (Å²) in [5, 5.41) is 0. The van der Waals surface area contributed by atoms with Crippen LogP contribution in [0.5, 0.6) is 0 Å². The summed E-state index contributed by atoms with van der Waals surface area (Å²) in [4.78, 5) is 3.09. The number of hydrogen-bond donors (Lipinski definition) is 1. The van der Waals surface area contributed by atoms with Gasteiger partial charge >= 0.3 is 0 Å². The Morgan fingerprint density at radius 1 is 1.10 bits per heavy atom. The molecule has 1 aromatic carbocycles. The van der Waals surface area contributed by atoms with Gasteiger partial charge in [-0.3, -0.25) is 0 Å². The lowest BCUT2D eigenvalue weighted by Crippen LogP contribution is -2.32. The highest BCUT2D eigenvalue weighted by atomic mass is 32.2. The first-order valence-electron chi connectivity index (χ1n) is 6.88. The minimum atomic E-state index is -3.17. The first kappa shape index (κ1) is 18.3. The van der Waals surface area contributed by atoms with E-state index < -0.39 is 10.0 Å². The number of benzene rings is 1. The first-order chi connectivity index (χ1) is 9.81. The van der Waals surface area contributed by atoms with Gasteiger partial charge in [0.25, 0.3) is 0 Å². The predicted octanol–water partition coefficient (Wildman–Crippen LogP) is 1.57. The van der Waals surface area contributed by atoms with Crippen LogP contribution in [-0.4, -0.2) is 63.4 Å². The van der Waals surface area contributed by atoms with Crippen LogP contribution in [-0.2, 0) is 10.0 Å². The van der Waals surface area contributed by atoms with Crippen LogP contribution >= 0.6 is 11.8 Å². The molecule has 0 aliphatic rings. The molecule has 21 heavy (non-hydrogen) atoms. The van der Waals surface area contributed by atoms with Crippen molar-refractivity contribution in [3.63, 3.8) is 0 Å². The smallest absolute Gasteiger partial charge is 0.214 e. The number of nitrogen functional groups attached to an aromatic ring is 1. The predicted molar refractivity (Wildman–Crippen MR) is 91.2 cm³/mol. The molecule has 0 aliphatic carbocycles. The van der Waals surface area contributed by atoms with Crippen LogP contribution in [0.4, 0.5) is 5.69 Å². The molecule has 0 heterocycles. The second kappa shape index (κ2) is 8.63. The number of nitrogens with zero attached hydrogens (tertiary/aromatic N) is 2.